The van der Waals surface area contributed by atoms with Gasteiger partial charge in [-0.1, -0.05) is 41.8 Å². The maximum atomic E-state index is 5.48. The molecule has 19 heavy (non-hydrogen) atoms. The van der Waals surface area contributed by atoms with Gasteiger partial charge in [-0.15, -0.1) is 0 Å². The first-order chi connectivity index (χ1) is 8.91. The molecule has 2 unspecified atom stereocenters. The molecule has 0 radical (unpaired) electrons. The number of oxime groups is 1. The fraction of sp³-hybridized carbons (Fsp3) is 0.706. The van der Waals surface area contributed by atoms with Crippen molar-refractivity contribution in [1.82, 2.24) is 0 Å². The third kappa shape index (κ3) is 4.52. The Hall–Kier alpha value is -1.05. The van der Waals surface area contributed by atoms with E-state index in [1.54, 1.807) is 0 Å². The summed E-state index contributed by atoms with van der Waals surface area (Å²) in [6.07, 6.45) is 7.52. The van der Waals surface area contributed by atoms with Crippen LogP contribution in [0, 0.1) is 11.3 Å². The number of hydrogen-bond donors (Lipinski definition) is 0. The summed E-state index contributed by atoms with van der Waals surface area (Å²) in [5.41, 5.74) is 4.54. The van der Waals surface area contributed by atoms with Gasteiger partial charge in [-0.05, 0) is 47.0 Å². The van der Waals surface area contributed by atoms with Gasteiger partial charge in [-0.3, -0.25) is 0 Å². The normalized spacial score (nSPS) is 27.7. The Bertz CT molecular complexity index is 388. The number of nitrogens with zero attached hydrogens (tertiary/aromatic N) is 1. The van der Waals surface area contributed by atoms with Crippen LogP contribution in [0.3, 0.4) is 0 Å². The third-order valence-electron chi connectivity index (χ3n) is 4.24. The molecule has 0 fully saturated rings. The molecule has 0 saturated carbocycles. The van der Waals surface area contributed by atoms with Crippen LogP contribution in [0.2, 0.25) is 0 Å². The Balaban J connectivity index is 2.89. The van der Waals surface area contributed by atoms with Crippen LogP contribution in [0.5, 0.6) is 0 Å². The molecule has 0 bridgehead atoms. The zero-order valence-corrected chi connectivity index (χ0v) is 13.4. The van der Waals surface area contributed by atoms with Crippen molar-refractivity contribution in [3.63, 3.8) is 0 Å². The van der Waals surface area contributed by atoms with Crippen LogP contribution in [0.4, 0.5) is 0 Å². The molecular formula is C17H29NO. The van der Waals surface area contributed by atoms with E-state index in [0.717, 1.165) is 19.3 Å². The van der Waals surface area contributed by atoms with Crippen LogP contribution >= 0.6 is 0 Å². The average molecular weight is 263 g/mol. The molecule has 2 heteroatoms. The summed E-state index contributed by atoms with van der Waals surface area (Å²) < 4.78 is 0. The zero-order chi connectivity index (χ0) is 14.5. The topological polar surface area (TPSA) is 21.6 Å². The van der Waals surface area contributed by atoms with Crippen molar-refractivity contribution in [3.05, 3.63) is 22.8 Å². The first-order valence-electron chi connectivity index (χ1n) is 7.35. The van der Waals surface area contributed by atoms with E-state index in [9.17, 15) is 0 Å². The minimum absolute atomic E-state index is 0.173. The maximum Gasteiger partial charge on any atom is 0.122 e. The largest absolute Gasteiger partial charge is 0.395 e. The van der Waals surface area contributed by atoms with Crippen molar-refractivity contribution in [2.75, 3.05) is 6.61 Å². The second-order valence-corrected chi connectivity index (χ2v) is 6.32. The highest BCUT2D eigenvalue weighted by Crippen LogP contribution is 2.38. The first-order valence-corrected chi connectivity index (χ1v) is 7.35. The van der Waals surface area contributed by atoms with E-state index in [2.05, 4.69) is 52.8 Å². The van der Waals surface area contributed by atoms with Gasteiger partial charge in [0.25, 0.3) is 0 Å². The van der Waals surface area contributed by atoms with Crippen molar-refractivity contribution < 1.29 is 4.84 Å². The Kier molecular flexibility index (Phi) is 5.84. The molecule has 108 valence electrons. The molecular weight excluding hydrogens is 234 g/mol. The van der Waals surface area contributed by atoms with E-state index >= 15 is 0 Å². The highest BCUT2D eigenvalue weighted by Gasteiger charge is 2.32. The number of rotatable bonds is 4. The summed E-state index contributed by atoms with van der Waals surface area (Å²) in [6, 6.07) is 0. The lowest BCUT2D eigenvalue weighted by Gasteiger charge is -2.30. The fourth-order valence-electron chi connectivity index (χ4n) is 2.80. The third-order valence-corrected chi connectivity index (χ3v) is 4.24. The molecule has 0 aromatic carbocycles. The van der Waals surface area contributed by atoms with E-state index in [1.165, 1.54) is 16.7 Å². The van der Waals surface area contributed by atoms with E-state index < -0.39 is 0 Å². The Morgan fingerprint density at radius 1 is 1.42 bits per heavy atom. The zero-order valence-electron chi connectivity index (χ0n) is 13.4. The molecule has 1 aliphatic rings. The minimum atomic E-state index is 0.173. The van der Waals surface area contributed by atoms with Gasteiger partial charge in [0.2, 0.25) is 0 Å². The van der Waals surface area contributed by atoms with Gasteiger partial charge >= 0.3 is 0 Å². The van der Waals surface area contributed by atoms with Gasteiger partial charge < -0.3 is 4.84 Å². The van der Waals surface area contributed by atoms with Crippen molar-refractivity contribution >= 4 is 6.21 Å². The molecule has 0 spiro atoms. The average Bonchev–Trinajstić information content (AvgIpc) is 2.53. The fourth-order valence-corrected chi connectivity index (χ4v) is 2.80. The summed E-state index contributed by atoms with van der Waals surface area (Å²) in [6.45, 7) is 14.0. The second-order valence-electron chi connectivity index (χ2n) is 6.32. The van der Waals surface area contributed by atoms with E-state index in [4.69, 9.17) is 4.84 Å². The number of hydrogen-bond acceptors (Lipinski definition) is 2. The monoisotopic (exact) mass is 263 g/mol. The molecule has 2 nitrogen and oxygen atoms in total. The van der Waals surface area contributed by atoms with E-state index in [-0.39, 0.29) is 5.41 Å². The molecule has 0 amide bonds. The van der Waals surface area contributed by atoms with Crippen molar-refractivity contribution in [1.29, 1.82) is 0 Å². The van der Waals surface area contributed by atoms with Gasteiger partial charge in [0.15, 0.2) is 0 Å². The standard InChI is InChI=1S/C17H29NO/c1-7-15(8-2)16-10-17(6,12-19-18-11-16)9-14(5)13(3)4/h7,11,16H,8-10,12H2,1-6H3. The maximum absolute atomic E-state index is 5.48. The van der Waals surface area contributed by atoms with Gasteiger partial charge in [0.05, 0.1) is 6.21 Å². The summed E-state index contributed by atoms with van der Waals surface area (Å²) in [5.74, 6) is 0.424. The molecule has 0 N–H and O–H groups in total. The van der Waals surface area contributed by atoms with Crippen LogP contribution in [-0.4, -0.2) is 12.8 Å². The lowest BCUT2D eigenvalue weighted by molar-refractivity contribution is 0.0594. The van der Waals surface area contributed by atoms with Crippen LogP contribution in [-0.2, 0) is 4.84 Å². The first kappa shape index (κ1) is 16.0. The SMILES string of the molecule is CC=C(CC)C1C=NOCC(C)(CC(C)=C(C)C)C1. The van der Waals surface area contributed by atoms with Gasteiger partial charge in [0.1, 0.15) is 6.61 Å². The Morgan fingerprint density at radius 3 is 2.63 bits per heavy atom. The predicted octanol–water partition coefficient (Wildman–Crippen LogP) is 5.12. The molecule has 0 aromatic heterocycles. The van der Waals surface area contributed by atoms with Crippen molar-refractivity contribution in [2.24, 2.45) is 16.5 Å². The smallest absolute Gasteiger partial charge is 0.122 e. The molecule has 2 atom stereocenters. The van der Waals surface area contributed by atoms with Crippen LogP contribution < -0.4 is 0 Å². The van der Waals surface area contributed by atoms with Gasteiger partial charge in [-0.2, -0.15) is 0 Å². The summed E-state index contributed by atoms with van der Waals surface area (Å²) >= 11 is 0. The lowest BCUT2D eigenvalue weighted by atomic mass is 9.74. The molecule has 0 aliphatic carbocycles. The van der Waals surface area contributed by atoms with Gasteiger partial charge in [0, 0.05) is 11.3 Å². The number of allylic oxidation sites excluding steroid dienone is 4. The summed E-state index contributed by atoms with van der Waals surface area (Å²) in [7, 11) is 0. The van der Waals surface area contributed by atoms with Crippen LogP contribution in [0.1, 0.15) is 60.8 Å². The predicted molar refractivity (Wildman–Crippen MR) is 83.4 cm³/mol. The minimum Gasteiger partial charge on any atom is -0.395 e. The molecule has 1 aliphatic heterocycles. The van der Waals surface area contributed by atoms with E-state index in [1.807, 2.05) is 6.21 Å². The van der Waals surface area contributed by atoms with Crippen molar-refractivity contribution in [3.8, 4) is 0 Å². The van der Waals surface area contributed by atoms with Crippen molar-refractivity contribution in [2.45, 2.75) is 60.8 Å². The highest BCUT2D eigenvalue weighted by molar-refractivity contribution is 5.64. The van der Waals surface area contributed by atoms with Crippen LogP contribution in [0.25, 0.3) is 0 Å². The Labute approximate surface area is 118 Å². The van der Waals surface area contributed by atoms with E-state index in [0.29, 0.717) is 12.5 Å². The van der Waals surface area contributed by atoms with Gasteiger partial charge in [-0.25, -0.2) is 0 Å². The highest BCUT2D eigenvalue weighted by atomic mass is 16.6. The summed E-state index contributed by atoms with van der Waals surface area (Å²) in [5, 5.41) is 4.13. The van der Waals surface area contributed by atoms with Crippen LogP contribution in [0.15, 0.2) is 28.0 Å². The summed E-state index contributed by atoms with van der Waals surface area (Å²) in [4.78, 5) is 5.48. The molecule has 0 saturated heterocycles. The molecule has 0 aromatic rings. The lowest BCUT2D eigenvalue weighted by Crippen LogP contribution is -2.25. The molecule has 1 rings (SSSR count). The quantitative estimate of drug-likeness (QED) is 0.645. The second kappa shape index (κ2) is 6.93. The Morgan fingerprint density at radius 2 is 2.11 bits per heavy atom. The molecule has 1 heterocycles.